The van der Waals surface area contributed by atoms with Gasteiger partial charge in [0.1, 0.15) is 5.82 Å². The number of anilines is 1. The third-order valence-electron chi connectivity index (χ3n) is 3.13. The van der Waals surface area contributed by atoms with Crippen LogP contribution in [-0.2, 0) is 0 Å². The molecule has 1 unspecified atom stereocenters. The lowest BCUT2D eigenvalue weighted by Gasteiger charge is -2.34. The topological polar surface area (TPSA) is 15.3 Å². The van der Waals surface area contributed by atoms with E-state index in [1.54, 1.807) is 0 Å². The fourth-order valence-corrected chi connectivity index (χ4v) is 2.57. The van der Waals surface area contributed by atoms with Crippen molar-refractivity contribution >= 4 is 17.3 Å². The summed E-state index contributed by atoms with van der Waals surface area (Å²) in [6.45, 7) is 1.44. The molecule has 2 rings (SSSR count). The molecule has 0 bridgehead atoms. The lowest BCUT2D eigenvalue weighted by molar-refractivity contribution is 0.445. The van der Waals surface area contributed by atoms with Crippen molar-refractivity contribution in [3.05, 3.63) is 28.8 Å². The molecule has 17 heavy (non-hydrogen) atoms. The molecule has 1 N–H and O–H groups in total. The zero-order chi connectivity index (χ0) is 12.4. The van der Waals surface area contributed by atoms with Crippen LogP contribution in [0.2, 0.25) is 5.02 Å². The lowest BCUT2D eigenvalue weighted by atomic mass is 10.1. The summed E-state index contributed by atoms with van der Waals surface area (Å²) in [5.41, 5.74) is 0.313. The van der Waals surface area contributed by atoms with Gasteiger partial charge < -0.3 is 10.2 Å². The Balaban J connectivity index is 2.27. The molecule has 0 aliphatic carbocycles. The normalized spacial score (nSPS) is 20.7. The molecule has 0 aromatic heterocycles. The van der Waals surface area contributed by atoms with Crippen molar-refractivity contribution in [1.29, 1.82) is 0 Å². The highest BCUT2D eigenvalue weighted by Gasteiger charge is 2.23. The van der Waals surface area contributed by atoms with Gasteiger partial charge in [0.25, 0.3) is 0 Å². The largest absolute Gasteiger partial charge is 0.366 e. The van der Waals surface area contributed by atoms with E-state index in [2.05, 4.69) is 5.32 Å². The summed E-state index contributed by atoms with van der Waals surface area (Å²) in [5.74, 6) is -1.23. The van der Waals surface area contributed by atoms with E-state index in [9.17, 15) is 8.78 Å². The maximum atomic E-state index is 13.7. The summed E-state index contributed by atoms with van der Waals surface area (Å²) in [5, 5.41) is 3.31. The SMILES string of the molecule is CNC1CCCN(c2c(F)cc(F)cc2Cl)C1. The number of rotatable bonds is 2. The van der Waals surface area contributed by atoms with Crippen LogP contribution >= 0.6 is 11.6 Å². The second-order valence-electron chi connectivity index (χ2n) is 4.29. The molecule has 0 spiro atoms. The van der Waals surface area contributed by atoms with Crippen LogP contribution in [0, 0.1) is 11.6 Å². The number of nitrogens with one attached hydrogen (secondary N) is 1. The zero-order valence-electron chi connectivity index (χ0n) is 9.64. The van der Waals surface area contributed by atoms with Gasteiger partial charge in [-0.2, -0.15) is 0 Å². The van der Waals surface area contributed by atoms with E-state index in [4.69, 9.17) is 11.6 Å². The molecule has 1 aliphatic heterocycles. The zero-order valence-corrected chi connectivity index (χ0v) is 10.4. The number of piperidine rings is 1. The van der Waals surface area contributed by atoms with Gasteiger partial charge in [-0.25, -0.2) is 8.78 Å². The fraction of sp³-hybridized carbons (Fsp3) is 0.500. The first-order valence-corrected chi connectivity index (χ1v) is 6.06. The van der Waals surface area contributed by atoms with Crippen LogP contribution in [0.25, 0.3) is 0 Å². The average Bonchev–Trinajstić information content (AvgIpc) is 2.28. The lowest BCUT2D eigenvalue weighted by Crippen LogP contribution is -2.44. The number of benzene rings is 1. The monoisotopic (exact) mass is 260 g/mol. The van der Waals surface area contributed by atoms with Gasteiger partial charge in [-0.05, 0) is 26.0 Å². The number of nitrogens with zero attached hydrogens (tertiary/aromatic N) is 1. The summed E-state index contributed by atoms with van der Waals surface area (Å²) in [4.78, 5) is 1.88. The van der Waals surface area contributed by atoms with Gasteiger partial charge in [-0.1, -0.05) is 11.6 Å². The Hall–Kier alpha value is -0.870. The summed E-state index contributed by atoms with van der Waals surface area (Å²) in [7, 11) is 1.89. The van der Waals surface area contributed by atoms with Gasteiger partial charge in [0, 0.05) is 25.2 Å². The minimum absolute atomic E-state index is 0.138. The van der Waals surface area contributed by atoms with Crippen molar-refractivity contribution in [2.24, 2.45) is 0 Å². The van der Waals surface area contributed by atoms with Gasteiger partial charge in [0.2, 0.25) is 0 Å². The van der Waals surface area contributed by atoms with Crippen molar-refractivity contribution in [2.45, 2.75) is 18.9 Å². The molecule has 1 fully saturated rings. The minimum Gasteiger partial charge on any atom is -0.366 e. The minimum atomic E-state index is -0.640. The molecule has 1 atom stereocenters. The highest BCUT2D eigenvalue weighted by Crippen LogP contribution is 2.31. The first-order chi connectivity index (χ1) is 8.11. The summed E-state index contributed by atoms with van der Waals surface area (Å²) in [6.07, 6.45) is 2.03. The van der Waals surface area contributed by atoms with Crippen LogP contribution in [0.5, 0.6) is 0 Å². The molecule has 5 heteroatoms. The van der Waals surface area contributed by atoms with Gasteiger partial charge in [-0.3, -0.25) is 0 Å². The van der Waals surface area contributed by atoms with Crippen LogP contribution in [0.1, 0.15) is 12.8 Å². The molecule has 0 radical (unpaired) electrons. The molecular weight excluding hydrogens is 246 g/mol. The quantitative estimate of drug-likeness (QED) is 0.880. The second-order valence-corrected chi connectivity index (χ2v) is 4.70. The number of likely N-dealkylation sites (N-methyl/N-ethyl adjacent to an activating group) is 1. The Morgan fingerprint density at radius 3 is 2.82 bits per heavy atom. The molecule has 1 aliphatic rings. The van der Waals surface area contributed by atoms with Crippen molar-refractivity contribution in [2.75, 3.05) is 25.0 Å². The Morgan fingerprint density at radius 2 is 2.18 bits per heavy atom. The third-order valence-corrected chi connectivity index (χ3v) is 3.42. The van der Waals surface area contributed by atoms with Crippen molar-refractivity contribution in [3.63, 3.8) is 0 Å². The van der Waals surface area contributed by atoms with Crippen molar-refractivity contribution in [3.8, 4) is 0 Å². The maximum Gasteiger partial charge on any atom is 0.150 e. The maximum absolute atomic E-state index is 13.7. The van der Waals surface area contributed by atoms with E-state index in [1.165, 1.54) is 0 Å². The summed E-state index contributed by atoms with van der Waals surface area (Å²) in [6, 6.07) is 2.36. The predicted molar refractivity (Wildman–Crippen MR) is 65.7 cm³/mol. The molecule has 0 saturated carbocycles. The van der Waals surface area contributed by atoms with Crippen LogP contribution in [0.15, 0.2) is 12.1 Å². The molecular formula is C12H15ClF2N2. The van der Waals surface area contributed by atoms with Crippen molar-refractivity contribution in [1.82, 2.24) is 5.32 Å². The van der Waals surface area contributed by atoms with Gasteiger partial charge >= 0.3 is 0 Å². The van der Waals surface area contributed by atoms with Crippen LogP contribution in [0.4, 0.5) is 14.5 Å². The number of hydrogen-bond donors (Lipinski definition) is 1. The average molecular weight is 261 g/mol. The van der Waals surface area contributed by atoms with Crippen LogP contribution < -0.4 is 10.2 Å². The standard InChI is InChI=1S/C12H15ClF2N2/c1-16-9-3-2-4-17(7-9)12-10(13)5-8(14)6-11(12)15/h5-6,9,16H,2-4,7H2,1H3. The summed E-state index contributed by atoms with van der Waals surface area (Å²) < 4.78 is 26.7. The van der Waals surface area contributed by atoms with Gasteiger partial charge in [-0.15, -0.1) is 0 Å². The summed E-state index contributed by atoms with van der Waals surface area (Å²) >= 11 is 5.92. The molecule has 1 aromatic carbocycles. The highest BCUT2D eigenvalue weighted by molar-refractivity contribution is 6.33. The fourth-order valence-electron chi connectivity index (χ4n) is 2.25. The van der Waals surface area contributed by atoms with E-state index >= 15 is 0 Å². The Kier molecular flexibility index (Phi) is 3.84. The second kappa shape index (κ2) is 5.19. The molecule has 94 valence electrons. The van der Waals surface area contributed by atoms with Gasteiger partial charge in [0.15, 0.2) is 5.82 Å². The van der Waals surface area contributed by atoms with E-state index in [0.717, 1.165) is 31.5 Å². The van der Waals surface area contributed by atoms with Gasteiger partial charge in [0.05, 0.1) is 10.7 Å². The van der Waals surface area contributed by atoms with E-state index < -0.39 is 11.6 Å². The van der Waals surface area contributed by atoms with E-state index in [-0.39, 0.29) is 5.02 Å². The number of halogens is 3. The third kappa shape index (κ3) is 2.69. The van der Waals surface area contributed by atoms with Crippen LogP contribution in [0.3, 0.4) is 0 Å². The van der Waals surface area contributed by atoms with E-state index in [0.29, 0.717) is 18.3 Å². The Morgan fingerprint density at radius 1 is 1.41 bits per heavy atom. The first-order valence-electron chi connectivity index (χ1n) is 5.68. The van der Waals surface area contributed by atoms with E-state index in [1.807, 2.05) is 11.9 Å². The molecule has 1 saturated heterocycles. The van der Waals surface area contributed by atoms with Crippen LogP contribution in [-0.4, -0.2) is 26.2 Å². The first kappa shape index (κ1) is 12.6. The predicted octanol–water partition coefficient (Wildman–Crippen LogP) is 2.81. The molecule has 0 amide bonds. The number of hydrogen-bond acceptors (Lipinski definition) is 2. The van der Waals surface area contributed by atoms with Crippen molar-refractivity contribution < 1.29 is 8.78 Å². The Bertz CT molecular complexity index is 388. The molecule has 1 aromatic rings. The molecule has 1 heterocycles. The Labute approximate surface area is 105 Å². The smallest absolute Gasteiger partial charge is 0.150 e. The highest BCUT2D eigenvalue weighted by atomic mass is 35.5. The molecule has 2 nitrogen and oxygen atoms in total.